The molecule has 0 fully saturated rings. The zero-order valence-corrected chi connectivity index (χ0v) is 14.7. The van der Waals surface area contributed by atoms with Crippen LogP contribution < -0.4 is 15.0 Å². The highest BCUT2D eigenvalue weighted by molar-refractivity contribution is 6.05. The summed E-state index contributed by atoms with van der Waals surface area (Å²) in [5.74, 6) is 1.32. The van der Waals surface area contributed by atoms with Crippen LogP contribution in [-0.2, 0) is 0 Å². The molecule has 0 aliphatic rings. The van der Waals surface area contributed by atoms with Gasteiger partial charge in [0.2, 0.25) is 0 Å². The molecule has 0 atom stereocenters. The number of nitrogens with zero attached hydrogens (tertiary/aromatic N) is 3. The minimum Gasteiger partial charge on any atom is -0.496 e. The van der Waals surface area contributed by atoms with Crippen LogP contribution in [0.15, 0.2) is 66.7 Å². The number of hydrogen-bond acceptors (Lipinski definition) is 5. The standard InChI is InChI=1S/C20H20N4O2/c1-3-24(15-9-5-4-6-10-15)19-14-13-18(22-23-19)21-20(25)16-11-7-8-12-17(16)26-2/h4-14H,3H2,1-2H3,(H,21,22,25). The molecule has 6 nitrogen and oxygen atoms in total. The van der Waals surface area contributed by atoms with Crippen molar-refractivity contribution in [1.82, 2.24) is 10.2 Å². The molecule has 2 aromatic carbocycles. The van der Waals surface area contributed by atoms with Crippen molar-refractivity contribution in [1.29, 1.82) is 0 Å². The van der Waals surface area contributed by atoms with Gasteiger partial charge in [-0.3, -0.25) is 4.79 Å². The molecule has 1 aromatic heterocycles. The van der Waals surface area contributed by atoms with Crippen LogP contribution in [0.1, 0.15) is 17.3 Å². The summed E-state index contributed by atoms with van der Waals surface area (Å²) in [6, 6.07) is 20.6. The number of hydrogen-bond donors (Lipinski definition) is 1. The first-order valence-corrected chi connectivity index (χ1v) is 8.33. The third-order valence-electron chi connectivity index (χ3n) is 3.90. The Morgan fingerprint density at radius 3 is 2.38 bits per heavy atom. The highest BCUT2D eigenvalue weighted by Gasteiger charge is 2.13. The molecule has 26 heavy (non-hydrogen) atoms. The molecule has 1 heterocycles. The molecule has 0 saturated heterocycles. The van der Waals surface area contributed by atoms with E-state index in [0.717, 1.165) is 12.2 Å². The molecule has 0 aliphatic heterocycles. The van der Waals surface area contributed by atoms with E-state index >= 15 is 0 Å². The van der Waals surface area contributed by atoms with Crippen LogP contribution in [0.25, 0.3) is 0 Å². The van der Waals surface area contributed by atoms with E-state index in [9.17, 15) is 4.79 Å². The number of nitrogens with one attached hydrogen (secondary N) is 1. The molecule has 0 spiro atoms. The highest BCUT2D eigenvalue weighted by Crippen LogP contribution is 2.23. The van der Waals surface area contributed by atoms with Gasteiger partial charge in [0.15, 0.2) is 11.6 Å². The summed E-state index contributed by atoms with van der Waals surface area (Å²) >= 11 is 0. The molecule has 0 aliphatic carbocycles. The summed E-state index contributed by atoms with van der Waals surface area (Å²) in [6.45, 7) is 2.80. The van der Waals surface area contributed by atoms with Gasteiger partial charge in [0.1, 0.15) is 5.75 Å². The Morgan fingerprint density at radius 2 is 1.73 bits per heavy atom. The lowest BCUT2D eigenvalue weighted by Crippen LogP contribution is -2.19. The van der Waals surface area contributed by atoms with Crippen LogP contribution in [0.3, 0.4) is 0 Å². The summed E-state index contributed by atoms with van der Waals surface area (Å²) in [4.78, 5) is 14.5. The van der Waals surface area contributed by atoms with Crippen LogP contribution in [0.2, 0.25) is 0 Å². The van der Waals surface area contributed by atoms with Crippen molar-refractivity contribution in [2.75, 3.05) is 23.9 Å². The van der Waals surface area contributed by atoms with Gasteiger partial charge in [-0.05, 0) is 43.3 Å². The van der Waals surface area contributed by atoms with Crippen molar-refractivity contribution in [3.63, 3.8) is 0 Å². The van der Waals surface area contributed by atoms with Gasteiger partial charge in [0.25, 0.3) is 5.91 Å². The van der Waals surface area contributed by atoms with E-state index in [1.807, 2.05) is 54.3 Å². The highest BCUT2D eigenvalue weighted by atomic mass is 16.5. The Morgan fingerprint density at radius 1 is 1.00 bits per heavy atom. The van der Waals surface area contributed by atoms with Crippen molar-refractivity contribution < 1.29 is 9.53 Å². The maximum Gasteiger partial charge on any atom is 0.260 e. The minimum absolute atomic E-state index is 0.292. The molecule has 0 saturated carbocycles. The number of para-hydroxylation sites is 2. The van der Waals surface area contributed by atoms with Crippen LogP contribution in [0.4, 0.5) is 17.3 Å². The fourth-order valence-electron chi connectivity index (χ4n) is 2.64. The Kier molecular flexibility index (Phi) is 5.43. The summed E-state index contributed by atoms with van der Waals surface area (Å²) in [5, 5.41) is 11.1. The number of amides is 1. The SMILES string of the molecule is CCN(c1ccccc1)c1ccc(NC(=O)c2ccccc2OC)nn1. The molecule has 3 rings (SSSR count). The van der Waals surface area contributed by atoms with Gasteiger partial charge in [0.05, 0.1) is 12.7 Å². The van der Waals surface area contributed by atoms with E-state index in [2.05, 4.69) is 15.5 Å². The monoisotopic (exact) mass is 348 g/mol. The molecular formula is C20H20N4O2. The van der Waals surface area contributed by atoms with Gasteiger partial charge < -0.3 is 15.0 Å². The van der Waals surface area contributed by atoms with Crippen molar-refractivity contribution >= 4 is 23.2 Å². The number of methoxy groups -OCH3 is 1. The number of aromatic nitrogens is 2. The molecule has 1 amide bonds. The number of ether oxygens (including phenoxy) is 1. The Balaban J connectivity index is 1.76. The smallest absolute Gasteiger partial charge is 0.260 e. The van der Waals surface area contributed by atoms with E-state index in [4.69, 9.17) is 4.74 Å². The minimum atomic E-state index is -0.292. The van der Waals surface area contributed by atoms with Crippen molar-refractivity contribution in [2.24, 2.45) is 0 Å². The quantitative estimate of drug-likeness (QED) is 0.732. The predicted molar refractivity (Wildman–Crippen MR) is 102 cm³/mol. The fraction of sp³-hybridized carbons (Fsp3) is 0.150. The van der Waals surface area contributed by atoms with Gasteiger partial charge in [-0.1, -0.05) is 30.3 Å². The number of anilines is 3. The molecule has 132 valence electrons. The third kappa shape index (κ3) is 3.80. The van der Waals surface area contributed by atoms with E-state index < -0.39 is 0 Å². The summed E-state index contributed by atoms with van der Waals surface area (Å²) < 4.78 is 5.21. The molecule has 1 N–H and O–H groups in total. The fourth-order valence-corrected chi connectivity index (χ4v) is 2.64. The van der Waals surface area contributed by atoms with Crippen LogP contribution in [0, 0.1) is 0 Å². The van der Waals surface area contributed by atoms with Gasteiger partial charge >= 0.3 is 0 Å². The average Bonchev–Trinajstić information content (AvgIpc) is 2.70. The van der Waals surface area contributed by atoms with Gasteiger partial charge in [-0.2, -0.15) is 0 Å². The second-order valence-electron chi connectivity index (χ2n) is 5.51. The zero-order chi connectivity index (χ0) is 18.4. The topological polar surface area (TPSA) is 67.4 Å². The first-order valence-electron chi connectivity index (χ1n) is 8.33. The predicted octanol–water partition coefficient (Wildman–Crippen LogP) is 3.90. The molecule has 0 bridgehead atoms. The lowest BCUT2D eigenvalue weighted by atomic mass is 10.2. The van der Waals surface area contributed by atoms with Crippen LogP contribution in [-0.4, -0.2) is 29.8 Å². The molecule has 3 aromatic rings. The number of benzene rings is 2. The average molecular weight is 348 g/mol. The lowest BCUT2D eigenvalue weighted by Gasteiger charge is -2.21. The van der Waals surface area contributed by atoms with E-state index in [1.54, 1.807) is 24.3 Å². The largest absolute Gasteiger partial charge is 0.496 e. The summed E-state index contributed by atoms with van der Waals surface area (Å²) in [6.07, 6.45) is 0. The summed E-state index contributed by atoms with van der Waals surface area (Å²) in [7, 11) is 1.53. The maximum atomic E-state index is 12.4. The maximum absolute atomic E-state index is 12.4. The first kappa shape index (κ1) is 17.4. The molecule has 0 unspecified atom stereocenters. The van der Waals surface area contributed by atoms with Crippen molar-refractivity contribution in [3.8, 4) is 5.75 Å². The summed E-state index contributed by atoms with van der Waals surface area (Å²) in [5.41, 5.74) is 1.48. The van der Waals surface area contributed by atoms with E-state index in [1.165, 1.54) is 7.11 Å². The van der Waals surface area contributed by atoms with Crippen LogP contribution >= 0.6 is 0 Å². The van der Waals surface area contributed by atoms with E-state index in [0.29, 0.717) is 22.9 Å². The molecular weight excluding hydrogens is 328 g/mol. The Labute approximate surface area is 152 Å². The van der Waals surface area contributed by atoms with Crippen molar-refractivity contribution in [3.05, 3.63) is 72.3 Å². The lowest BCUT2D eigenvalue weighted by molar-refractivity contribution is 0.102. The third-order valence-corrected chi connectivity index (χ3v) is 3.90. The van der Waals surface area contributed by atoms with Gasteiger partial charge in [0, 0.05) is 12.2 Å². The first-order chi connectivity index (χ1) is 12.7. The second kappa shape index (κ2) is 8.11. The number of carbonyl (C=O) groups is 1. The normalized spacial score (nSPS) is 10.2. The van der Waals surface area contributed by atoms with Crippen molar-refractivity contribution in [2.45, 2.75) is 6.92 Å². The number of carbonyl (C=O) groups excluding carboxylic acids is 1. The zero-order valence-electron chi connectivity index (χ0n) is 14.7. The van der Waals surface area contributed by atoms with Crippen LogP contribution in [0.5, 0.6) is 5.75 Å². The van der Waals surface area contributed by atoms with E-state index in [-0.39, 0.29) is 5.91 Å². The number of rotatable bonds is 6. The molecule has 0 radical (unpaired) electrons. The Bertz CT molecular complexity index is 866. The van der Waals surface area contributed by atoms with Gasteiger partial charge in [-0.25, -0.2) is 0 Å². The van der Waals surface area contributed by atoms with Gasteiger partial charge in [-0.15, -0.1) is 10.2 Å². The Hall–Kier alpha value is -3.41. The second-order valence-corrected chi connectivity index (χ2v) is 5.51. The molecule has 6 heteroatoms.